The van der Waals surface area contributed by atoms with Gasteiger partial charge in [-0.05, 0) is 30.3 Å². The average molecular weight is 219 g/mol. The molecule has 3 aromatic heterocycles. The van der Waals surface area contributed by atoms with E-state index in [4.69, 9.17) is 0 Å². The molecule has 0 aliphatic carbocycles. The molecule has 3 rings (SSSR count). The van der Waals surface area contributed by atoms with Crippen LogP contribution in [0, 0.1) is 11.3 Å². The number of fused-ring (bicyclic) bond motifs is 1. The Balaban J connectivity index is 2.39. The van der Waals surface area contributed by atoms with E-state index in [1.54, 1.807) is 6.20 Å². The van der Waals surface area contributed by atoms with Gasteiger partial charge >= 0.3 is 0 Å². The first-order chi connectivity index (χ1) is 8.40. The fraction of sp³-hybridized carbons (Fsp3) is 0. The van der Waals surface area contributed by atoms with Crippen molar-refractivity contribution in [1.29, 1.82) is 5.26 Å². The molecule has 0 saturated heterocycles. The van der Waals surface area contributed by atoms with Crippen molar-refractivity contribution in [2.45, 2.75) is 0 Å². The van der Waals surface area contributed by atoms with E-state index in [-0.39, 0.29) is 0 Å². The minimum absolute atomic E-state index is 0.648. The van der Waals surface area contributed by atoms with E-state index in [0.717, 1.165) is 16.9 Å². The van der Waals surface area contributed by atoms with Gasteiger partial charge in [0.25, 0.3) is 0 Å². The lowest BCUT2D eigenvalue weighted by Crippen LogP contribution is -1.90. The highest BCUT2D eigenvalue weighted by atomic mass is 14.9. The van der Waals surface area contributed by atoms with Crippen LogP contribution >= 0.6 is 0 Å². The lowest BCUT2D eigenvalue weighted by atomic mass is 10.2. The van der Waals surface area contributed by atoms with Crippen LogP contribution in [0.3, 0.4) is 0 Å². The van der Waals surface area contributed by atoms with Crippen molar-refractivity contribution in [2.75, 3.05) is 0 Å². The van der Waals surface area contributed by atoms with Crippen molar-refractivity contribution < 1.29 is 0 Å². The fourth-order valence-electron chi connectivity index (χ4n) is 1.97. The smallest absolute Gasteiger partial charge is 0.101 e. The summed E-state index contributed by atoms with van der Waals surface area (Å²) in [7, 11) is 0. The van der Waals surface area contributed by atoms with Crippen LogP contribution in [0.5, 0.6) is 0 Å². The quantitative estimate of drug-likeness (QED) is 0.631. The van der Waals surface area contributed by atoms with Crippen molar-refractivity contribution in [3.8, 4) is 17.5 Å². The summed E-state index contributed by atoms with van der Waals surface area (Å²) in [6, 6.07) is 15.7. The Kier molecular flexibility index (Phi) is 2.13. The van der Waals surface area contributed by atoms with Crippen LogP contribution in [-0.4, -0.2) is 9.38 Å². The number of pyridine rings is 2. The summed E-state index contributed by atoms with van der Waals surface area (Å²) in [5.41, 5.74) is 3.32. The van der Waals surface area contributed by atoms with E-state index in [1.807, 2.05) is 53.1 Å². The molecule has 0 unspecified atom stereocenters. The molecule has 0 fully saturated rings. The number of hydrogen-bond acceptors (Lipinski definition) is 2. The Hall–Kier alpha value is -2.60. The summed E-state index contributed by atoms with van der Waals surface area (Å²) >= 11 is 0. The molecule has 0 saturated carbocycles. The first-order valence-corrected chi connectivity index (χ1v) is 5.32. The predicted octanol–water partition coefficient (Wildman–Crippen LogP) is 2.87. The largest absolute Gasteiger partial charge is 0.314 e. The Morgan fingerprint density at radius 3 is 2.76 bits per heavy atom. The van der Waals surface area contributed by atoms with Gasteiger partial charge in [-0.3, -0.25) is 4.98 Å². The molecule has 3 aromatic rings. The van der Waals surface area contributed by atoms with Crippen molar-refractivity contribution in [3.63, 3.8) is 0 Å². The molecule has 0 radical (unpaired) electrons. The standard InChI is InChI=1S/C14H9N3/c15-10-11-9-12-5-2-4-8-17(12)14(11)13-6-1-3-7-16-13/h1-9H. The van der Waals surface area contributed by atoms with E-state index >= 15 is 0 Å². The first-order valence-electron chi connectivity index (χ1n) is 5.32. The summed E-state index contributed by atoms with van der Waals surface area (Å²) in [5, 5.41) is 9.19. The molecule has 3 nitrogen and oxygen atoms in total. The highest BCUT2D eigenvalue weighted by molar-refractivity contribution is 5.72. The molecule has 0 spiro atoms. The molecule has 0 amide bonds. The van der Waals surface area contributed by atoms with Gasteiger partial charge in [0, 0.05) is 17.9 Å². The van der Waals surface area contributed by atoms with Gasteiger partial charge in [-0.1, -0.05) is 12.1 Å². The number of rotatable bonds is 1. The zero-order valence-corrected chi connectivity index (χ0v) is 9.04. The Bertz CT molecular complexity index is 705. The zero-order chi connectivity index (χ0) is 11.7. The molecule has 0 bridgehead atoms. The van der Waals surface area contributed by atoms with Gasteiger partial charge in [-0.2, -0.15) is 5.26 Å². The Morgan fingerprint density at radius 2 is 2.00 bits per heavy atom. The van der Waals surface area contributed by atoms with Crippen LogP contribution in [0.25, 0.3) is 16.9 Å². The van der Waals surface area contributed by atoms with Crippen LogP contribution < -0.4 is 0 Å². The van der Waals surface area contributed by atoms with Crippen LogP contribution in [0.4, 0.5) is 0 Å². The van der Waals surface area contributed by atoms with E-state index in [1.165, 1.54) is 0 Å². The summed E-state index contributed by atoms with van der Waals surface area (Å²) in [6.45, 7) is 0. The van der Waals surface area contributed by atoms with Crippen LogP contribution in [0.1, 0.15) is 5.56 Å². The second kappa shape index (κ2) is 3.76. The van der Waals surface area contributed by atoms with Crippen molar-refractivity contribution in [2.24, 2.45) is 0 Å². The van der Waals surface area contributed by atoms with Gasteiger partial charge in [0.1, 0.15) is 6.07 Å². The van der Waals surface area contributed by atoms with Gasteiger partial charge in [-0.15, -0.1) is 0 Å². The number of aromatic nitrogens is 2. The summed E-state index contributed by atoms with van der Waals surface area (Å²) < 4.78 is 1.99. The molecule has 17 heavy (non-hydrogen) atoms. The predicted molar refractivity (Wildman–Crippen MR) is 65.3 cm³/mol. The lowest BCUT2D eigenvalue weighted by molar-refractivity contribution is 1.17. The zero-order valence-electron chi connectivity index (χ0n) is 9.04. The molecule has 80 valence electrons. The first kappa shape index (κ1) is 9.61. The number of hydrogen-bond donors (Lipinski definition) is 0. The summed E-state index contributed by atoms with van der Waals surface area (Å²) in [5.74, 6) is 0. The summed E-state index contributed by atoms with van der Waals surface area (Å²) in [6.07, 6.45) is 3.68. The third-order valence-electron chi connectivity index (χ3n) is 2.71. The second-order valence-electron chi connectivity index (χ2n) is 3.73. The average Bonchev–Trinajstić information content (AvgIpc) is 2.78. The number of nitrogens with zero attached hydrogens (tertiary/aromatic N) is 3. The maximum absolute atomic E-state index is 9.19. The van der Waals surface area contributed by atoms with Crippen LogP contribution in [0.2, 0.25) is 0 Å². The summed E-state index contributed by atoms with van der Waals surface area (Å²) in [4.78, 5) is 4.31. The normalized spacial score (nSPS) is 10.3. The van der Waals surface area contributed by atoms with E-state index in [0.29, 0.717) is 5.56 Å². The van der Waals surface area contributed by atoms with Gasteiger partial charge in [0.15, 0.2) is 0 Å². The molecular weight excluding hydrogens is 210 g/mol. The van der Waals surface area contributed by atoms with Crippen molar-refractivity contribution >= 4 is 5.52 Å². The lowest BCUT2D eigenvalue weighted by Gasteiger charge is -2.02. The molecule has 0 aliphatic rings. The second-order valence-corrected chi connectivity index (χ2v) is 3.73. The topological polar surface area (TPSA) is 41.1 Å². The van der Waals surface area contributed by atoms with E-state index in [2.05, 4.69) is 11.1 Å². The van der Waals surface area contributed by atoms with Gasteiger partial charge in [0.05, 0.1) is 17.0 Å². The third kappa shape index (κ3) is 1.47. The molecule has 0 aliphatic heterocycles. The molecule has 3 heterocycles. The molecular formula is C14H9N3. The Labute approximate surface area is 98.6 Å². The van der Waals surface area contributed by atoms with Gasteiger partial charge in [-0.25, -0.2) is 0 Å². The molecule has 3 heteroatoms. The third-order valence-corrected chi connectivity index (χ3v) is 2.71. The minimum Gasteiger partial charge on any atom is -0.314 e. The van der Waals surface area contributed by atoms with Crippen molar-refractivity contribution in [3.05, 3.63) is 60.4 Å². The minimum atomic E-state index is 0.648. The monoisotopic (exact) mass is 219 g/mol. The fourth-order valence-corrected chi connectivity index (χ4v) is 1.97. The Morgan fingerprint density at radius 1 is 1.12 bits per heavy atom. The van der Waals surface area contributed by atoms with E-state index in [9.17, 15) is 5.26 Å². The maximum Gasteiger partial charge on any atom is 0.101 e. The molecule has 0 aromatic carbocycles. The van der Waals surface area contributed by atoms with E-state index < -0.39 is 0 Å². The number of nitriles is 1. The van der Waals surface area contributed by atoms with Gasteiger partial charge in [0.2, 0.25) is 0 Å². The van der Waals surface area contributed by atoms with Crippen molar-refractivity contribution in [1.82, 2.24) is 9.38 Å². The molecule has 0 N–H and O–H groups in total. The van der Waals surface area contributed by atoms with Crippen LogP contribution in [-0.2, 0) is 0 Å². The highest BCUT2D eigenvalue weighted by Gasteiger charge is 2.11. The molecule has 0 atom stereocenters. The van der Waals surface area contributed by atoms with Gasteiger partial charge < -0.3 is 4.40 Å². The highest BCUT2D eigenvalue weighted by Crippen LogP contribution is 2.25. The maximum atomic E-state index is 9.19. The SMILES string of the molecule is N#Cc1cc2ccccn2c1-c1ccccn1. The van der Waals surface area contributed by atoms with Crippen LogP contribution in [0.15, 0.2) is 54.9 Å².